The van der Waals surface area contributed by atoms with Crippen molar-refractivity contribution >= 4 is 22.6 Å². The average Bonchev–Trinajstić information content (AvgIpc) is 2.58. The van der Waals surface area contributed by atoms with Gasteiger partial charge in [-0.05, 0) is 25.1 Å². The first kappa shape index (κ1) is 18.1. The van der Waals surface area contributed by atoms with Crippen LogP contribution in [0.3, 0.4) is 0 Å². The molecule has 2 rings (SSSR count). The lowest BCUT2D eigenvalue weighted by Gasteiger charge is -2.19. The van der Waals surface area contributed by atoms with E-state index in [1.807, 2.05) is 0 Å². The number of nitrogens with zero attached hydrogens (tertiary/aromatic N) is 1. The van der Waals surface area contributed by atoms with E-state index in [1.165, 1.54) is 33.5 Å². The lowest BCUT2D eigenvalue weighted by atomic mass is 10.0. The van der Waals surface area contributed by atoms with Crippen LogP contribution in [0.15, 0.2) is 18.2 Å². The van der Waals surface area contributed by atoms with Crippen molar-refractivity contribution in [1.82, 2.24) is 4.98 Å². The van der Waals surface area contributed by atoms with E-state index in [-0.39, 0.29) is 12.2 Å². The summed E-state index contributed by atoms with van der Waals surface area (Å²) in [6.07, 6.45) is -0.442. The highest BCUT2D eigenvalue weighted by Gasteiger charge is 2.18. The molecule has 0 saturated heterocycles. The molecule has 0 radical (unpaired) electrons. The predicted octanol–water partition coefficient (Wildman–Crippen LogP) is 2.43. The van der Waals surface area contributed by atoms with Gasteiger partial charge < -0.3 is 19.5 Å². The fraction of sp³-hybridized carbons (Fsp3) is 0.412. The van der Waals surface area contributed by atoms with Crippen LogP contribution < -0.4 is 5.32 Å². The zero-order valence-corrected chi connectivity index (χ0v) is 14.2. The summed E-state index contributed by atoms with van der Waals surface area (Å²) >= 11 is 0. The van der Waals surface area contributed by atoms with Crippen molar-refractivity contribution in [3.8, 4) is 0 Å². The zero-order chi connectivity index (χ0) is 17.7. The van der Waals surface area contributed by atoms with E-state index in [4.69, 9.17) is 14.2 Å². The van der Waals surface area contributed by atoms with Gasteiger partial charge in [-0.1, -0.05) is 0 Å². The van der Waals surface area contributed by atoms with Crippen molar-refractivity contribution in [2.45, 2.75) is 19.6 Å². The normalized spacial score (nSPS) is 11.1. The Balaban J connectivity index is 2.53. The van der Waals surface area contributed by atoms with Gasteiger partial charge >= 0.3 is 5.97 Å². The van der Waals surface area contributed by atoms with Crippen LogP contribution in [0.1, 0.15) is 11.3 Å². The van der Waals surface area contributed by atoms with E-state index in [2.05, 4.69) is 10.3 Å². The molecule has 0 saturated carbocycles. The number of nitrogens with one attached hydrogen (secondary N) is 1. The molecule has 0 bridgehead atoms. The van der Waals surface area contributed by atoms with Gasteiger partial charge in [0.05, 0.1) is 25.6 Å². The Hall–Kier alpha value is -2.25. The predicted molar refractivity (Wildman–Crippen MR) is 88.5 cm³/mol. The minimum absolute atomic E-state index is 0.0365. The maximum atomic E-state index is 13.7. The highest BCUT2D eigenvalue weighted by Crippen LogP contribution is 2.30. The molecule has 0 aliphatic carbocycles. The van der Waals surface area contributed by atoms with E-state index < -0.39 is 12.3 Å². The maximum Gasteiger partial charge on any atom is 0.310 e. The summed E-state index contributed by atoms with van der Waals surface area (Å²) in [6.45, 7) is 2.13. The van der Waals surface area contributed by atoms with Crippen LogP contribution in [0, 0.1) is 12.7 Å². The first-order valence-corrected chi connectivity index (χ1v) is 7.45. The number of aryl methyl sites for hydroxylation is 1. The summed E-state index contributed by atoms with van der Waals surface area (Å²) in [5, 5.41) is 3.78. The number of anilines is 1. The highest BCUT2D eigenvalue weighted by molar-refractivity contribution is 5.95. The Kier molecular flexibility index (Phi) is 6.05. The second-order valence-corrected chi connectivity index (χ2v) is 5.25. The van der Waals surface area contributed by atoms with Crippen LogP contribution in [-0.2, 0) is 25.4 Å². The Morgan fingerprint density at radius 2 is 2.00 bits per heavy atom. The van der Waals surface area contributed by atoms with Gasteiger partial charge in [-0.2, -0.15) is 0 Å². The first-order valence-electron chi connectivity index (χ1n) is 7.45. The third-order valence-electron chi connectivity index (χ3n) is 3.77. The molecule has 1 N–H and O–H groups in total. The Morgan fingerprint density at radius 1 is 1.29 bits per heavy atom. The highest BCUT2D eigenvalue weighted by atomic mass is 19.1. The van der Waals surface area contributed by atoms with Gasteiger partial charge in [-0.25, -0.2) is 4.39 Å². The molecule has 1 aromatic heterocycles. The fourth-order valence-corrected chi connectivity index (χ4v) is 2.48. The first-order chi connectivity index (χ1) is 11.5. The average molecular weight is 336 g/mol. The molecule has 2 aromatic rings. The maximum absolute atomic E-state index is 13.7. The van der Waals surface area contributed by atoms with Crippen molar-refractivity contribution in [1.29, 1.82) is 0 Å². The second-order valence-electron chi connectivity index (χ2n) is 5.25. The number of halogens is 1. The number of fused-ring (bicyclic) bond motifs is 1. The van der Waals surface area contributed by atoms with E-state index in [9.17, 15) is 9.18 Å². The summed E-state index contributed by atoms with van der Waals surface area (Å²) in [5.41, 5.74) is 2.59. The van der Waals surface area contributed by atoms with Crippen LogP contribution in [-0.4, -0.2) is 45.1 Å². The molecule has 1 heterocycles. The molecule has 0 fully saturated rings. The Morgan fingerprint density at radius 3 is 2.62 bits per heavy atom. The van der Waals surface area contributed by atoms with Crippen molar-refractivity contribution in [2.24, 2.45) is 0 Å². The molecule has 24 heavy (non-hydrogen) atoms. The second kappa shape index (κ2) is 8.03. The molecule has 0 atom stereocenters. The zero-order valence-electron chi connectivity index (χ0n) is 14.2. The number of hydrogen-bond donors (Lipinski definition) is 1. The summed E-state index contributed by atoms with van der Waals surface area (Å²) in [5.74, 6) is -0.774. The number of carbonyl (C=O) groups is 1. The van der Waals surface area contributed by atoms with Gasteiger partial charge in [0, 0.05) is 36.6 Å². The number of ether oxygens (including phenoxy) is 3. The van der Waals surface area contributed by atoms with E-state index in [0.717, 1.165) is 0 Å². The van der Waals surface area contributed by atoms with Gasteiger partial charge in [0.2, 0.25) is 0 Å². The summed E-state index contributed by atoms with van der Waals surface area (Å²) in [7, 11) is 4.38. The van der Waals surface area contributed by atoms with Gasteiger partial charge in [0.25, 0.3) is 0 Å². The number of methoxy groups -OCH3 is 3. The van der Waals surface area contributed by atoms with E-state index >= 15 is 0 Å². The van der Waals surface area contributed by atoms with E-state index in [1.54, 1.807) is 13.0 Å². The van der Waals surface area contributed by atoms with Crippen molar-refractivity contribution in [3.05, 3.63) is 35.3 Å². The third-order valence-corrected chi connectivity index (χ3v) is 3.77. The van der Waals surface area contributed by atoms with Crippen LogP contribution in [0.2, 0.25) is 0 Å². The number of aromatic nitrogens is 1. The fourth-order valence-electron chi connectivity index (χ4n) is 2.48. The lowest BCUT2D eigenvalue weighted by Crippen LogP contribution is -2.24. The van der Waals surface area contributed by atoms with Crippen LogP contribution >= 0.6 is 0 Å². The number of carbonyl (C=O) groups excluding carboxylic acids is 1. The lowest BCUT2D eigenvalue weighted by molar-refractivity contribution is -0.139. The van der Waals surface area contributed by atoms with Gasteiger partial charge in [0.1, 0.15) is 5.82 Å². The SMILES string of the molecule is COC(=O)Cc1c(C)nc2ccc(F)cc2c1NCC(OC)OC. The quantitative estimate of drug-likeness (QED) is 0.619. The number of esters is 1. The molecule has 1 aromatic carbocycles. The Bertz CT molecular complexity index is 732. The number of rotatable bonds is 7. The molecule has 0 aliphatic heterocycles. The third kappa shape index (κ3) is 3.98. The molecule has 0 aliphatic rings. The number of hydrogen-bond acceptors (Lipinski definition) is 6. The van der Waals surface area contributed by atoms with Crippen molar-refractivity contribution in [3.63, 3.8) is 0 Å². The van der Waals surface area contributed by atoms with E-state index in [0.29, 0.717) is 34.4 Å². The van der Waals surface area contributed by atoms with Crippen LogP contribution in [0.25, 0.3) is 10.9 Å². The van der Waals surface area contributed by atoms with Gasteiger partial charge in [-0.15, -0.1) is 0 Å². The Labute approximate surface area is 139 Å². The standard InChI is InChI=1S/C17H21FN2O4/c1-10-12(8-15(21)22-2)17(19-9-16(23-3)24-4)13-7-11(18)5-6-14(13)20-10/h5-7,16H,8-9H2,1-4H3,(H,19,20). The number of pyridine rings is 1. The smallest absolute Gasteiger partial charge is 0.310 e. The molecule has 0 unspecified atom stereocenters. The minimum Gasteiger partial charge on any atom is -0.469 e. The molecular weight excluding hydrogens is 315 g/mol. The molecule has 0 spiro atoms. The minimum atomic E-state index is -0.479. The summed E-state index contributed by atoms with van der Waals surface area (Å²) in [4.78, 5) is 16.2. The summed E-state index contributed by atoms with van der Waals surface area (Å²) < 4.78 is 28.8. The molecule has 130 valence electrons. The van der Waals surface area contributed by atoms with Crippen molar-refractivity contribution < 1.29 is 23.4 Å². The largest absolute Gasteiger partial charge is 0.469 e. The molecular formula is C17H21FN2O4. The van der Waals surface area contributed by atoms with Gasteiger partial charge in [-0.3, -0.25) is 9.78 Å². The topological polar surface area (TPSA) is 69.7 Å². The molecule has 7 heteroatoms. The molecule has 0 amide bonds. The monoisotopic (exact) mass is 336 g/mol. The number of benzene rings is 1. The molecule has 6 nitrogen and oxygen atoms in total. The summed E-state index contributed by atoms with van der Waals surface area (Å²) in [6, 6.07) is 4.35. The van der Waals surface area contributed by atoms with Crippen LogP contribution in [0.4, 0.5) is 10.1 Å². The van der Waals surface area contributed by atoms with Crippen LogP contribution in [0.5, 0.6) is 0 Å². The van der Waals surface area contributed by atoms with Crippen molar-refractivity contribution in [2.75, 3.05) is 33.2 Å². The van der Waals surface area contributed by atoms with Gasteiger partial charge in [0.15, 0.2) is 6.29 Å².